The highest BCUT2D eigenvalue weighted by Gasteiger charge is 2.25. The van der Waals surface area contributed by atoms with Crippen molar-refractivity contribution in [1.82, 2.24) is 20.0 Å². The fourth-order valence-corrected chi connectivity index (χ4v) is 4.54. The molecule has 2 heterocycles. The van der Waals surface area contributed by atoms with Gasteiger partial charge in [-0.15, -0.1) is 0 Å². The lowest BCUT2D eigenvalue weighted by Crippen LogP contribution is -2.48. The second-order valence-corrected chi connectivity index (χ2v) is 8.39. The van der Waals surface area contributed by atoms with Crippen molar-refractivity contribution in [2.24, 2.45) is 16.8 Å². The minimum Gasteiger partial charge on any atom is -0.356 e. The van der Waals surface area contributed by atoms with Gasteiger partial charge < -0.3 is 15.1 Å². The van der Waals surface area contributed by atoms with Crippen molar-refractivity contribution in [3.63, 3.8) is 0 Å². The van der Waals surface area contributed by atoms with E-state index in [0.29, 0.717) is 6.04 Å². The van der Waals surface area contributed by atoms with E-state index in [9.17, 15) is 0 Å². The van der Waals surface area contributed by atoms with E-state index in [-0.39, 0.29) is 0 Å². The van der Waals surface area contributed by atoms with Crippen molar-refractivity contribution in [2.45, 2.75) is 52.5 Å². The SMILES string of the molecule is CCN1CCCC1CN(C)C(=NC)NCC1CCCN(CC(C)C)C1. The Balaban J connectivity index is 1.77. The molecule has 0 bridgehead atoms. The normalized spacial score (nSPS) is 26.4. The number of nitrogens with zero attached hydrogens (tertiary/aromatic N) is 4. The van der Waals surface area contributed by atoms with Gasteiger partial charge in [-0.25, -0.2) is 0 Å². The van der Waals surface area contributed by atoms with E-state index < -0.39 is 0 Å². The van der Waals surface area contributed by atoms with Gasteiger partial charge in [-0.3, -0.25) is 9.89 Å². The molecule has 0 amide bonds. The van der Waals surface area contributed by atoms with Crippen molar-refractivity contribution >= 4 is 5.96 Å². The van der Waals surface area contributed by atoms with Gasteiger partial charge in [-0.1, -0.05) is 20.8 Å². The van der Waals surface area contributed by atoms with E-state index in [1.54, 1.807) is 0 Å². The number of likely N-dealkylation sites (N-methyl/N-ethyl adjacent to an activating group) is 2. The summed E-state index contributed by atoms with van der Waals surface area (Å²) in [5.41, 5.74) is 0. The summed E-state index contributed by atoms with van der Waals surface area (Å²) in [6.45, 7) is 15.2. The Morgan fingerprint density at radius 3 is 2.68 bits per heavy atom. The van der Waals surface area contributed by atoms with Crippen LogP contribution in [0.4, 0.5) is 0 Å². The first-order valence-electron chi connectivity index (χ1n) is 10.4. The molecule has 2 unspecified atom stereocenters. The molecule has 2 rings (SSSR count). The molecule has 5 nitrogen and oxygen atoms in total. The van der Waals surface area contributed by atoms with Crippen LogP contribution in [0.1, 0.15) is 46.5 Å². The van der Waals surface area contributed by atoms with Crippen LogP contribution in [0.15, 0.2) is 4.99 Å². The Morgan fingerprint density at radius 2 is 2.00 bits per heavy atom. The summed E-state index contributed by atoms with van der Waals surface area (Å²) < 4.78 is 0. The largest absolute Gasteiger partial charge is 0.356 e. The van der Waals surface area contributed by atoms with Crippen LogP contribution < -0.4 is 5.32 Å². The first kappa shape index (κ1) is 20.5. The van der Waals surface area contributed by atoms with Gasteiger partial charge in [0.25, 0.3) is 0 Å². The van der Waals surface area contributed by atoms with Crippen molar-refractivity contribution in [1.29, 1.82) is 0 Å². The number of rotatable bonds is 7. The predicted molar refractivity (Wildman–Crippen MR) is 108 cm³/mol. The summed E-state index contributed by atoms with van der Waals surface area (Å²) in [4.78, 5) is 12.1. The Labute approximate surface area is 155 Å². The molecule has 25 heavy (non-hydrogen) atoms. The lowest BCUT2D eigenvalue weighted by Gasteiger charge is -2.35. The third-order valence-electron chi connectivity index (χ3n) is 5.74. The molecule has 0 spiro atoms. The summed E-state index contributed by atoms with van der Waals surface area (Å²) in [6.07, 6.45) is 5.34. The highest BCUT2D eigenvalue weighted by atomic mass is 15.3. The van der Waals surface area contributed by atoms with Gasteiger partial charge in [0.15, 0.2) is 5.96 Å². The lowest BCUT2D eigenvalue weighted by molar-refractivity contribution is 0.158. The van der Waals surface area contributed by atoms with E-state index in [0.717, 1.165) is 37.4 Å². The molecule has 0 aromatic rings. The topological polar surface area (TPSA) is 34.1 Å². The van der Waals surface area contributed by atoms with Gasteiger partial charge in [-0.2, -0.15) is 0 Å². The van der Waals surface area contributed by atoms with Crippen molar-refractivity contribution in [3.8, 4) is 0 Å². The third-order valence-corrected chi connectivity index (χ3v) is 5.74. The van der Waals surface area contributed by atoms with Gasteiger partial charge >= 0.3 is 0 Å². The number of hydrogen-bond donors (Lipinski definition) is 1. The monoisotopic (exact) mass is 351 g/mol. The Morgan fingerprint density at radius 1 is 1.24 bits per heavy atom. The zero-order chi connectivity index (χ0) is 18.2. The van der Waals surface area contributed by atoms with Gasteiger partial charge in [0.2, 0.25) is 0 Å². The number of nitrogens with one attached hydrogen (secondary N) is 1. The highest BCUT2D eigenvalue weighted by Crippen LogP contribution is 2.18. The molecule has 0 aliphatic carbocycles. The van der Waals surface area contributed by atoms with Crippen LogP contribution in [0.25, 0.3) is 0 Å². The molecule has 0 aromatic carbocycles. The van der Waals surface area contributed by atoms with Crippen LogP contribution in [0.5, 0.6) is 0 Å². The van der Waals surface area contributed by atoms with Gasteiger partial charge in [-0.05, 0) is 57.2 Å². The molecular weight excluding hydrogens is 310 g/mol. The Hall–Kier alpha value is -0.810. The number of piperidine rings is 1. The van der Waals surface area contributed by atoms with Crippen LogP contribution >= 0.6 is 0 Å². The van der Waals surface area contributed by atoms with Gasteiger partial charge in [0.1, 0.15) is 0 Å². The molecule has 0 aromatic heterocycles. The van der Waals surface area contributed by atoms with Crippen LogP contribution in [0, 0.1) is 11.8 Å². The molecule has 2 aliphatic heterocycles. The first-order valence-corrected chi connectivity index (χ1v) is 10.4. The fourth-order valence-electron chi connectivity index (χ4n) is 4.54. The Kier molecular flexibility index (Phi) is 8.50. The molecule has 0 saturated carbocycles. The van der Waals surface area contributed by atoms with Crippen molar-refractivity contribution in [3.05, 3.63) is 0 Å². The lowest BCUT2D eigenvalue weighted by atomic mass is 9.97. The Bertz CT molecular complexity index is 409. The summed E-state index contributed by atoms with van der Waals surface area (Å²) in [5, 5.41) is 3.65. The van der Waals surface area contributed by atoms with E-state index in [1.165, 1.54) is 51.9 Å². The van der Waals surface area contributed by atoms with Crippen LogP contribution in [0.3, 0.4) is 0 Å². The summed E-state index contributed by atoms with van der Waals surface area (Å²) in [6, 6.07) is 0.685. The molecule has 2 aliphatic rings. The van der Waals surface area contributed by atoms with Crippen LogP contribution in [-0.2, 0) is 0 Å². The molecule has 146 valence electrons. The average Bonchev–Trinajstić information content (AvgIpc) is 3.02. The average molecular weight is 352 g/mol. The van der Waals surface area contributed by atoms with Crippen molar-refractivity contribution in [2.75, 3.05) is 59.9 Å². The molecule has 0 radical (unpaired) electrons. The number of hydrogen-bond acceptors (Lipinski definition) is 3. The minimum absolute atomic E-state index is 0.685. The minimum atomic E-state index is 0.685. The maximum absolute atomic E-state index is 4.53. The summed E-state index contributed by atoms with van der Waals surface area (Å²) >= 11 is 0. The molecule has 5 heteroatoms. The van der Waals surface area contributed by atoms with E-state index >= 15 is 0 Å². The molecule has 2 saturated heterocycles. The predicted octanol–water partition coefficient (Wildman–Crippen LogP) is 2.35. The second-order valence-electron chi connectivity index (χ2n) is 8.39. The van der Waals surface area contributed by atoms with Gasteiger partial charge in [0, 0.05) is 46.3 Å². The quantitative estimate of drug-likeness (QED) is 0.564. The molecule has 2 fully saturated rings. The van der Waals surface area contributed by atoms with Crippen LogP contribution in [-0.4, -0.2) is 86.6 Å². The molecular formula is C20H41N5. The second kappa shape index (κ2) is 10.4. The molecule has 1 N–H and O–H groups in total. The van der Waals surface area contributed by atoms with Crippen LogP contribution in [0.2, 0.25) is 0 Å². The molecule has 2 atom stereocenters. The van der Waals surface area contributed by atoms with E-state index in [2.05, 4.69) is 52.8 Å². The van der Waals surface area contributed by atoms with E-state index in [1.807, 2.05) is 7.05 Å². The van der Waals surface area contributed by atoms with Gasteiger partial charge in [0.05, 0.1) is 0 Å². The third kappa shape index (κ3) is 6.45. The zero-order valence-electron chi connectivity index (χ0n) is 17.3. The summed E-state index contributed by atoms with van der Waals surface area (Å²) in [5.74, 6) is 2.57. The maximum atomic E-state index is 4.53. The first-order chi connectivity index (χ1) is 12.0. The number of guanidine groups is 1. The summed E-state index contributed by atoms with van der Waals surface area (Å²) in [7, 11) is 4.10. The highest BCUT2D eigenvalue weighted by molar-refractivity contribution is 5.79. The number of aliphatic imine (C=N–C) groups is 1. The number of likely N-dealkylation sites (tertiary alicyclic amines) is 2. The van der Waals surface area contributed by atoms with Crippen molar-refractivity contribution < 1.29 is 0 Å². The zero-order valence-corrected chi connectivity index (χ0v) is 17.3. The van der Waals surface area contributed by atoms with E-state index in [4.69, 9.17) is 0 Å². The fraction of sp³-hybridized carbons (Fsp3) is 0.950. The standard InChI is InChI=1S/C20H41N5/c1-6-25-12-8-10-19(25)16-23(5)20(21-4)22-13-18-9-7-11-24(15-18)14-17(2)3/h17-19H,6-16H2,1-5H3,(H,21,22). The maximum Gasteiger partial charge on any atom is 0.193 e. The smallest absolute Gasteiger partial charge is 0.193 e.